The Morgan fingerprint density at radius 1 is 1.44 bits per heavy atom. The van der Waals surface area contributed by atoms with Crippen LogP contribution in [-0.2, 0) is 11.2 Å². The number of anilines is 1. The van der Waals surface area contributed by atoms with Crippen LogP contribution >= 0.6 is 0 Å². The Labute approximate surface area is 96.2 Å². The zero-order chi connectivity index (χ0) is 11.5. The Morgan fingerprint density at radius 3 is 2.81 bits per heavy atom. The first-order valence-corrected chi connectivity index (χ1v) is 5.93. The molecular formula is C12H19N3O. The Hall–Kier alpha value is -1.16. The summed E-state index contributed by atoms with van der Waals surface area (Å²) in [7, 11) is 0. The van der Waals surface area contributed by atoms with Crippen molar-refractivity contribution >= 4 is 5.82 Å². The van der Waals surface area contributed by atoms with Gasteiger partial charge in [-0.15, -0.1) is 0 Å². The molecule has 0 radical (unpaired) electrons. The molecule has 1 atom stereocenters. The number of rotatable bonds is 2. The molecule has 88 valence electrons. The molecule has 1 aliphatic heterocycles. The van der Waals surface area contributed by atoms with E-state index in [0.29, 0.717) is 11.7 Å². The summed E-state index contributed by atoms with van der Waals surface area (Å²) in [6.07, 6.45) is 3.08. The van der Waals surface area contributed by atoms with Gasteiger partial charge in [0, 0.05) is 23.8 Å². The molecule has 1 saturated heterocycles. The van der Waals surface area contributed by atoms with E-state index in [9.17, 15) is 0 Å². The van der Waals surface area contributed by atoms with E-state index in [1.807, 2.05) is 6.92 Å². The first-order valence-electron chi connectivity index (χ1n) is 5.93. The van der Waals surface area contributed by atoms with E-state index in [0.717, 1.165) is 49.6 Å². The second-order valence-corrected chi connectivity index (χ2v) is 4.30. The van der Waals surface area contributed by atoms with Gasteiger partial charge in [-0.2, -0.15) is 0 Å². The molecule has 0 amide bonds. The third-order valence-electron chi connectivity index (χ3n) is 3.14. The van der Waals surface area contributed by atoms with Gasteiger partial charge in [0.2, 0.25) is 0 Å². The summed E-state index contributed by atoms with van der Waals surface area (Å²) in [4.78, 5) is 8.97. The lowest BCUT2D eigenvalue weighted by atomic mass is 10.0. The van der Waals surface area contributed by atoms with Crippen molar-refractivity contribution in [3.63, 3.8) is 0 Å². The highest BCUT2D eigenvalue weighted by Gasteiger charge is 2.20. The molecule has 16 heavy (non-hydrogen) atoms. The van der Waals surface area contributed by atoms with Crippen LogP contribution in [0, 0.1) is 6.92 Å². The Bertz CT molecular complexity index is 350. The Balaban J connectivity index is 2.28. The van der Waals surface area contributed by atoms with Gasteiger partial charge in [-0.3, -0.25) is 0 Å². The quantitative estimate of drug-likeness (QED) is 0.827. The third-order valence-corrected chi connectivity index (χ3v) is 3.14. The van der Waals surface area contributed by atoms with Crippen molar-refractivity contribution in [3.05, 3.63) is 17.1 Å². The fourth-order valence-electron chi connectivity index (χ4n) is 2.20. The van der Waals surface area contributed by atoms with Crippen LogP contribution in [0.25, 0.3) is 0 Å². The van der Waals surface area contributed by atoms with Gasteiger partial charge in [-0.05, 0) is 26.2 Å². The van der Waals surface area contributed by atoms with E-state index in [4.69, 9.17) is 10.5 Å². The Kier molecular flexibility index (Phi) is 3.39. The number of ether oxygens (including phenoxy) is 1. The lowest BCUT2D eigenvalue weighted by Gasteiger charge is -2.21. The monoisotopic (exact) mass is 221 g/mol. The molecule has 1 aliphatic rings. The van der Waals surface area contributed by atoms with E-state index in [-0.39, 0.29) is 0 Å². The maximum absolute atomic E-state index is 5.95. The molecule has 2 rings (SSSR count). The van der Waals surface area contributed by atoms with Crippen molar-refractivity contribution in [3.8, 4) is 0 Å². The largest absolute Gasteiger partial charge is 0.383 e. The summed E-state index contributed by atoms with van der Waals surface area (Å²) in [5, 5.41) is 0. The SMILES string of the molecule is CCc1c(C)nc(C2CCCOC2)nc1N. The van der Waals surface area contributed by atoms with Crippen LogP contribution < -0.4 is 5.73 Å². The molecule has 4 heteroatoms. The summed E-state index contributed by atoms with van der Waals surface area (Å²) < 4.78 is 5.45. The number of nitrogens with zero attached hydrogens (tertiary/aromatic N) is 2. The smallest absolute Gasteiger partial charge is 0.136 e. The van der Waals surface area contributed by atoms with Gasteiger partial charge in [0.1, 0.15) is 11.6 Å². The number of nitrogen functional groups attached to an aromatic ring is 1. The summed E-state index contributed by atoms with van der Waals surface area (Å²) in [6, 6.07) is 0. The van der Waals surface area contributed by atoms with Gasteiger partial charge < -0.3 is 10.5 Å². The molecule has 2 heterocycles. The second kappa shape index (κ2) is 4.78. The molecule has 4 nitrogen and oxygen atoms in total. The molecule has 0 bridgehead atoms. The molecule has 1 aromatic rings. The minimum atomic E-state index is 0.320. The van der Waals surface area contributed by atoms with E-state index >= 15 is 0 Å². The molecule has 0 spiro atoms. The van der Waals surface area contributed by atoms with Gasteiger partial charge in [0.15, 0.2) is 0 Å². The highest BCUT2D eigenvalue weighted by atomic mass is 16.5. The second-order valence-electron chi connectivity index (χ2n) is 4.30. The van der Waals surface area contributed by atoms with Crippen LogP contribution in [0.4, 0.5) is 5.82 Å². The number of aryl methyl sites for hydroxylation is 1. The van der Waals surface area contributed by atoms with E-state index < -0.39 is 0 Å². The fourth-order valence-corrected chi connectivity index (χ4v) is 2.20. The predicted octanol–water partition coefficient (Wildman–Crippen LogP) is 1.82. The van der Waals surface area contributed by atoms with Crippen LogP contribution in [0.15, 0.2) is 0 Å². The standard InChI is InChI=1S/C12H19N3O/c1-3-10-8(2)14-12(15-11(10)13)9-5-4-6-16-7-9/h9H,3-7H2,1-2H3,(H2,13,14,15). The van der Waals surface area contributed by atoms with Crippen LogP contribution in [0.1, 0.15) is 42.8 Å². The summed E-state index contributed by atoms with van der Waals surface area (Å²) in [6.45, 7) is 5.66. The average Bonchev–Trinajstić information content (AvgIpc) is 2.30. The van der Waals surface area contributed by atoms with Gasteiger partial charge >= 0.3 is 0 Å². The van der Waals surface area contributed by atoms with Gasteiger partial charge in [-0.1, -0.05) is 6.92 Å². The van der Waals surface area contributed by atoms with Crippen molar-refractivity contribution in [2.45, 2.75) is 39.0 Å². The summed E-state index contributed by atoms with van der Waals surface area (Å²) >= 11 is 0. The van der Waals surface area contributed by atoms with E-state index in [1.54, 1.807) is 0 Å². The molecule has 0 aliphatic carbocycles. The molecule has 0 aromatic carbocycles. The van der Waals surface area contributed by atoms with Crippen molar-refractivity contribution < 1.29 is 4.74 Å². The topological polar surface area (TPSA) is 61.0 Å². The lowest BCUT2D eigenvalue weighted by molar-refractivity contribution is 0.0780. The van der Waals surface area contributed by atoms with Gasteiger partial charge in [0.25, 0.3) is 0 Å². The zero-order valence-corrected chi connectivity index (χ0v) is 9.99. The number of aromatic nitrogens is 2. The minimum absolute atomic E-state index is 0.320. The zero-order valence-electron chi connectivity index (χ0n) is 9.99. The van der Waals surface area contributed by atoms with E-state index in [1.165, 1.54) is 0 Å². The molecule has 0 saturated carbocycles. The highest BCUT2D eigenvalue weighted by molar-refractivity contribution is 5.42. The first kappa shape index (κ1) is 11.3. The number of hydrogen-bond donors (Lipinski definition) is 1. The molecule has 2 N–H and O–H groups in total. The first-order chi connectivity index (χ1) is 7.72. The lowest BCUT2D eigenvalue weighted by Crippen LogP contribution is -2.19. The normalized spacial score (nSPS) is 21.0. The van der Waals surface area contributed by atoms with Gasteiger partial charge in [-0.25, -0.2) is 9.97 Å². The summed E-state index contributed by atoms with van der Waals surface area (Å²) in [5.41, 5.74) is 8.03. The molecule has 1 aromatic heterocycles. The maximum Gasteiger partial charge on any atom is 0.136 e. The van der Waals surface area contributed by atoms with Crippen molar-refractivity contribution in [1.82, 2.24) is 9.97 Å². The summed E-state index contributed by atoms with van der Waals surface area (Å²) in [5.74, 6) is 1.81. The molecule has 1 fully saturated rings. The minimum Gasteiger partial charge on any atom is -0.383 e. The highest BCUT2D eigenvalue weighted by Crippen LogP contribution is 2.25. The average molecular weight is 221 g/mol. The van der Waals surface area contributed by atoms with Gasteiger partial charge in [0.05, 0.1) is 6.61 Å². The van der Waals surface area contributed by atoms with Crippen molar-refractivity contribution in [2.75, 3.05) is 18.9 Å². The molecular weight excluding hydrogens is 202 g/mol. The van der Waals surface area contributed by atoms with Crippen LogP contribution in [0.2, 0.25) is 0 Å². The van der Waals surface area contributed by atoms with Crippen LogP contribution in [0.5, 0.6) is 0 Å². The third kappa shape index (κ3) is 2.16. The Morgan fingerprint density at radius 2 is 2.25 bits per heavy atom. The maximum atomic E-state index is 5.95. The predicted molar refractivity (Wildman–Crippen MR) is 63.4 cm³/mol. The number of nitrogens with two attached hydrogens (primary N) is 1. The van der Waals surface area contributed by atoms with Crippen molar-refractivity contribution in [2.24, 2.45) is 0 Å². The van der Waals surface area contributed by atoms with Crippen LogP contribution in [-0.4, -0.2) is 23.2 Å². The fraction of sp³-hybridized carbons (Fsp3) is 0.667. The van der Waals surface area contributed by atoms with Crippen LogP contribution in [0.3, 0.4) is 0 Å². The van der Waals surface area contributed by atoms with E-state index in [2.05, 4.69) is 16.9 Å². The van der Waals surface area contributed by atoms with Crippen molar-refractivity contribution in [1.29, 1.82) is 0 Å². The number of hydrogen-bond acceptors (Lipinski definition) is 4. The molecule has 1 unspecified atom stereocenters.